The zero-order valence-electron chi connectivity index (χ0n) is 17.2. The van der Waals surface area contributed by atoms with Gasteiger partial charge in [-0.1, -0.05) is 0 Å². The van der Waals surface area contributed by atoms with Crippen LogP contribution in [0.3, 0.4) is 0 Å². The maximum absolute atomic E-state index is 12.8. The summed E-state index contributed by atoms with van der Waals surface area (Å²) in [5.74, 6) is -1.33. The number of aromatic hydroxyl groups is 3. The molecule has 0 spiro atoms. The molecule has 0 saturated carbocycles. The van der Waals surface area contributed by atoms with E-state index in [1.807, 2.05) is 0 Å². The predicted molar refractivity (Wildman–Crippen MR) is 112 cm³/mol. The second-order valence-electron chi connectivity index (χ2n) is 7.64. The Morgan fingerprint density at radius 1 is 0.939 bits per heavy atom. The minimum atomic E-state index is -1.78. The van der Waals surface area contributed by atoms with Gasteiger partial charge < -0.3 is 49.6 Å². The number of phenols is 3. The Morgan fingerprint density at radius 2 is 1.67 bits per heavy atom. The minimum absolute atomic E-state index is 0.0544. The molecular weight excluding hydrogens is 440 g/mol. The van der Waals surface area contributed by atoms with Crippen LogP contribution in [0.15, 0.2) is 39.5 Å². The van der Waals surface area contributed by atoms with Crippen molar-refractivity contribution in [2.75, 3.05) is 13.7 Å². The van der Waals surface area contributed by atoms with E-state index in [0.717, 1.165) is 12.1 Å². The third kappa shape index (κ3) is 3.75. The Morgan fingerprint density at radius 3 is 2.30 bits per heavy atom. The zero-order chi connectivity index (χ0) is 24.0. The number of methoxy groups -OCH3 is 1. The van der Waals surface area contributed by atoms with Gasteiger partial charge in [0, 0.05) is 17.7 Å². The van der Waals surface area contributed by atoms with E-state index in [9.17, 15) is 40.5 Å². The molecule has 1 aromatic heterocycles. The molecule has 1 aliphatic heterocycles. The first-order chi connectivity index (χ1) is 15.7. The Hall–Kier alpha value is -3.35. The molecular formula is C22H22O11. The quantitative estimate of drug-likeness (QED) is 0.278. The van der Waals surface area contributed by atoms with Crippen molar-refractivity contribution >= 4 is 11.0 Å². The van der Waals surface area contributed by atoms with Gasteiger partial charge in [-0.05, 0) is 18.2 Å². The van der Waals surface area contributed by atoms with E-state index in [-0.39, 0.29) is 39.4 Å². The van der Waals surface area contributed by atoms with Crippen molar-refractivity contribution in [2.45, 2.75) is 30.5 Å². The molecule has 0 amide bonds. The average molecular weight is 462 g/mol. The molecule has 4 rings (SSSR count). The lowest BCUT2D eigenvalue weighted by molar-refractivity contribution is -0.231. The maximum atomic E-state index is 12.8. The second-order valence-corrected chi connectivity index (χ2v) is 7.64. The molecule has 1 fully saturated rings. The lowest BCUT2D eigenvalue weighted by atomic mass is 9.89. The third-order valence-corrected chi connectivity index (χ3v) is 5.64. The first-order valence-corrected chi connectivity index (χ1v) is 9.88. The number of ether oxygens (including phenoxy) is 2. The van der Waals surface area contributed by atoms with Crippen LogP contribution in [0.4, 0.5) is 0 Å². The van der Waals surface area contributed by atoms with Crippen LogP contribution in [0.2, 0.25) is 0 Å². The summed E-state index contributed by atoms with van der Waals surface area (Å²) in [5.41, 5.74) is -1.08. The number of aliphatic hydroxyl groups is 4. The summed E-state index contributed by atoms with van der Waals surface area (Å²) in [6.07, 6.45) is -7.99. The van der Waals surface area contributed by atoms with Crippen molar-refractivity contribution in [2.24, 2.45) is 0 Å². The lowest BCUT2D eigenvalue weighted by Crippen LogP contribution is -2.55. The molecule has 0 bridgehead atoms. The lowest BCUT2D eigenvalue weighted by Gasteiger charge is -2.40. The predicted octanol–water partition coefficient (Wildman–Crippen LogP) is 0.100. The SMILES string of the molecule is COc1ccc(-c2cc(=O)c3c(O)cc(O)c([C@@H]4O[C@H](CO)[C@@H](O)[C@H](O)[C@H]4O)c3o2)cc1O. The molecule has 3 aromatic rings. The number of fused-ring (bicyclic) bond motifs is 1. The minimum Gasteiger partial charge on any atom is -0.507 e. The van der Waals surface area contributed by atoms with Crippen LogP contribution in [0.5, 0.6) is 23.0 Å². The third-order valence-electron chi connectivity index (χ3n) is 5.64. The van der Waals surface area contributed by atoms with Crippen LogP contribution >= 0.6 is 0 Å². The smallest absolute Gasteiger partial charge is 0.197 e. The van der Waals surface area contributed by atoms with Crippen LogP contribution in [0.1, 0.15) is 11.7 Å². The number of rotatable bonds is 4. The first kappa shape index (κ1) is 22.8. The van der Waals surface area contributed by atoms with Crippen LogP contribution in [-0.2, 0) is 4.74 Å². The monoisotopic (exact) mass is 462 g/mol. The van der Waals surface area contributed by atoms with E-state index >= 15 is 0 Å². The van der Waals surface area contributed by atoms with Gasteiger partial charge in [-0.2, -0.15) is 0 Å². The molecule has 0 radical (unpaired) electrons. The van der Waals surface area contributed by atoms with Crippen molar-refractivity contribution in [1.29, 1.82) is 0 Å². The maximum Gasteiger partial charge on any atom is 0.197 e. The second kappa shape index (κ2) is 8.54. The van der Waals surface area contributed by atoms with Gasteiger partial charge >= 0.3 is 0 Å². The van der Waals surface area contributed by atoms with Gasteiger partial charge in [0.2, 0.25) is 0 Å². The first-order valence-electron chi connectivity index (χ1n) is 9.88. The van der Waals surface area contributed by atoms with Gasteiger partial charge in [-0.15, -0.1) is 0 Å². The molecule has 5 atom stereocenters. The van der Waals surface area contributed by atoms with Gasteiger partial charge in [0.05, 0.1) is 19.3 Å². The highest BCUT2D eigenvalue weighted by Gasteiger charge is 2.46. The van der Waals surface area contributed by atoms with Gasteiger partial charge in [0.1, 0.15) is 53.2 Å². The summed E-state index contributed by atoms with van der Waals surface area (Å²) in [6, 6.07) is 6.14. The summed E-state index contributed by atoms with van der Waals surface area (Å²) in [6.45, 7) is -0.710. The highest BCUT2D eigenvalue weighted by Crippen LogP contribution is 2.44. The summed E-state index contributed by atoms with van der Waals surface area (Å²) in [5, 5.41) is 70.8. The number of hydrogen-bond donors (Lipinski definition) is 7. The van der Waals surface area contributed by atoms with Crippen molar-refractivity contribution < 1.29 is 49.6 Å². The molecule has 1 aliphatic rings. The Kier molecular flexibility index (Phi) is 5.91. The van der Waals surface area contributed by atoms with Crippen LogP contribution in [-0.4, -0.2) is 73.9 Å². The van der Waals surface area contributed by atoms with Gasteiger partial charge in [0.25, 0.3) is 0 Å². The topological polar surface area (TPSA) is 190 Å². The van der Waals surface area contributed by atoms with E-state index in [1.165, 1.54) is 25.3 Å². The number of aliphatic hydroxyl groups excluding tert-OH is 4. The number of hydrogen-bond acceptors (Lipinski definition) is 11. The molecule has 2 heterocycles. The van der Waals surface area contributed by atoms with Crippen molar-refractivity contribution in [3.63, 3.8) is 0 Å². The summed E-state index contributed by atoms with van der Waals surface area (Å²) in [7, 11) is 1.36. The zero-order valence-corrected chi connectivity index (χ0v) is 17.2. The molecule has 11 heteroatoms. The largest absolute Gasteiger partial charge is 0.507 e. The van der Waals surface area contributed by atoms with Crippen LogP contribution in [0.25, 0.3) is 22.3 Å². The van der Waals surface area contributed by atoms with Gasteiger partial charge in [-0.3, -0.25) is 4.79 Å². The standard InChI is InChI=1S/C22H22O11/c1-31-13-3-2-8(4-9(13)24)14-6-12(27)16-10(25)5-11(26)17(21(16)32-14)22-20(30)19(29)18(28)15(7-23)33-22/h2-6,15,18-20,22-26,28-30H,7H2,1H3/t15-,18-,19+,20-,22+/m1/s1. The summed E-state index contributed by atoms with van der Waals surface area (Å²) in [4.78, 5) is 12.8. The van der Waals surface area contributed by atoms with E-state index in [0.29, 0.717) is 0 Å². The van der Waals surface area contributed by atoms with Gasteiger partial charge in [0.15, 0.2) is 22.5 Å². The molecule has 0 unspecified atom stereocenters. The molecule has 176 valence electrons. The van der Waals surface area contributed by atoms with Crippen molar-refractivity contribution in [1.82, 2.24) is 0 Å². The van der Waals surface area contributed by atoms with Crippen molar-refractivity contribution in [3.8, 4) is 34.3 Å². The normalized spacial score (nSPS) is 25.3. The highest BCUT2D eigenvalue weighted by atomic mass is 16.5. The van der Waals surface area contributed by atoms with Gasteiger partial charge in [-0.25, -0.2) is 0 Å². The summed E-state index contributed by atoms with van der Waals surface area (Å²) < 4.78 is 16.3. The van der Waals surface area contributed by atoms with Crippen LogP contribution in [0, 0.1) is 0 Å². The molecule has 2 aromatic carbocycles. The molecule has 11 nitrogen and oxygen atoms in total. The van der Waals surface area contributed by atoms with Crippen LogP contribution < -0.4 is 10.2 Å². The fourth-order valence-corrected chi connectivity index (χ4v) is 3.92. The van der Waals surface area contributed by atoms with E-state index in [1.54, 1.807) is 0 Å². The average Bonchev–Trinajstić information content (AvgIpc) is 2.78. The molecule has 33 heavy (non-hydrogen) atoms. The number of benzene rings is 2. The Bertz CT molecular complexity index is 1250. The summed E-state index contributed by atoms with van der Waals surface area (Å²) >= 11 is 0. The Labute approximate surface area is 185 Å². The molecule has 0 aliphatic carbocycles. The van der Waals surface area contributed by atoms with E-state index in [2.05, 4.69) is 0 Å². The number of phenolic OH excluding ortho intramolecular Hbond substituents is 3. The molecule has 7 N–H and O–H groups in total. The van der Waals surface area contributed by atoms with Crippen molar-refractivity contribution in [3.05, 3.63) is 46.1 Å². The fourth-order valence-electron chi connectivity index (χ4n) is 3.92. The highest BCUT2D eigenvalue weighted by molar-refractivity contribution is 5.89. The molecule has 1 saturated heterocycles. The van der Waals surface area contributed by atoms with E-state index in [4.69, 9.17) is 13.9 Å². The Balaban J connectivity index is 1.95. The fraction of sp³-hybridized carbons (Fsp3) is 0.318. The van der Waals surface area contributed by atoms with E-state index < -0.39 is 54.1 Å².